The lowest BCUT2D eigenvalue weighted by molar-refractivity contribution is -0.116. The van der Waals surface area contributed by atoms with Crippen LogP contribution in [0.15, 0.2) is 48.5 Å². The number of benzene rings is 2. The quantitative estimate of drug-likeness (QED) is 0.760. The van der Waals surface area contributed by atoms with E-state index in [0.29, 0.717) is 17.9 Å². The Bertz CT molecular complexity index is 1070. The molecule has 142 valence electrons. The molecular formula is C21H19FN4O2. The first kappa shape index (κ1) is 17.9. The number of hydrogen-bond acceptors (Lipinski definition) is 3. The van der Waals surface area contributed by atoms with Crippen molar-refractivity contribution in [2.75, 3.05) is 16.8 Å². The lowest BCUT2D eigenvalue weighted by Crippen LogP contribution is -2.25. The van der Waals surface area contributed by atoms with E-state index < -0.39 is 0 Å². The number of halogens is 1. The van der Waals surface area contributed by atoms with Crippen LogP contribution in [0, 0.1) is 5.82 Å². The molecule has 4 rings (SSSR count). The lowest BCUT2D eigenvalue weighted by Gasteiger charge is -2.15. The Kier molecular flexibility index (Phi) is 4.43. The number of aromatic nitrogens is 2. The zero-order chi connectivity index (χ0) is 19.8. The predicted molar refractivity (Wildman–Crippen MR) is 105 cm³/mol. The number of rotatable bonds is 3. The molecule has 0 unspecified atom stereocenters. The number of aryl methyl sites for hydroxylation is 1. The Morgan fingerprint density at radius 1 is 1.11 bits per heavy atom. The first-order chi connectivity index (χ1) is 13.4. The number of carbonyl (C=O) groups excluding carboxylic acids is 2. The fourth-order valence-corrected chi connectivity index (χ4v) is 3.45. The number of nitrogens with one attached hydrogen (secondary N) is 1. The summed E-state index contributed by atoms with van der Waals surface area (Å²) < 4.78 is 14.7. The molecule has 2 aromatic carbocycles. The van der Waals surface area contributed by atoms with Gasteiger partial charge in [-0.15, -0.1) is 0 Å². The summed E-state index contributed by atoms with van der Waals surface area (Å²) >= 11 is 0. The van der Waals surface area contributed by atoms with Gasteiger partial charge in [-0.1, -0.05) is 6.07 Å². The Morgan fingerprint density at radius 2 is 1.86 bits per heavy atom. The van der Waals surface area contributed by atoms with E-state index in [0.717, 1.165) is 23.2 Å². The third kappa shape index (κ3) is 3.26. The van der Waals surface area contributed by atoms with E-state index in [1.807, 2.05) is 18.2 Å². The van der Waals surface area contributed by atoms with E-state index in [2.05, 4.69) is 10.4 Å². The van der Waals surface area contributed by atoms with Crippen LogP contribution in [-0.2, 0) is 18.3 Å². The van der Waals surface area contributed by atoms with Crippen LogP contribution < -0.4 is 10.2 Å². The van der Waals surface area contributed by atoms with Gasteiger partial charge in [-0.05, 0) is 60.0 Å². The fourth-order valence-electron chi connectivity index (χ4n) is 3.45. The summed E-state index contributed by atoms with van der Waals surface area (Å²) in [6.07, 6.45) is 0.810. The van der Waals surface area contributed by atoms with Crippen LogP contribution in [0.3, 0.4) is 0 Å². The molecule has 0 fully saturated rings. The van der Waals surface area contributed by atoms with Crippen molar-refractivity contribution in [2.24, 2.45) is 7.05 Å². The lowest BCUT2D eigenvalue weighted by atomic mass is 10.1. The van der Waals surface area contributed by atoms with Crippen LogP contribution in [0.4, 0.5) is 15.8 Å². The van der Waals surface area contributed by atoms with Crippen LogP contribution >= 0.6 is 0 Å². The number of nitrogens with zero attached hydrogens (tertiary/aromatic N) is 3. The molecule has 1 aliphatic heterocycles. The Balaban J connectivity index is 1.57. The topological polar surface area (TPSA) is 67.2 Å². The molecule has 7 heteroatoms. The zero-order valence-corrected chi connectivity index (χ0v) is 15.6. The van der Waals surface area contributed by atoms with Gasteiger partial charge in [0.15, 0.2) is 5.69 Å². The predicted octanol–water partition coefficient (Wildman–Crippen LogP) is 3.39. The highest BCUT2D eigenvalue weighted by Crippen LogP contribution is 2.31. The van der Waals surface area contributed by atoms with E-state index in [9.17, 15) is 14.0 Å². The van der Waals surface area contributed by atoms with Crippen molar-refractivity contribution >= 4 is 23.2 Å². The van der Waals surface area contributed by atoms with Gasteiger partial charge in [0.05, 0.1) is 5.69 Å². The Hall–Kier alpha value is -3.48. The van der Waals surface area contributed by atoms with Gasteiger partial charge in [0.1, 0.15) is 5.82 Å². The monoisotopic (exact) mass is 378 g/mol. The molecule has 3 aromatic rings. The van der Waals surface area contributed by atoms with Crippen molar-refractivity contribution in [3.8, 4) is 11.3 Å². The maximum Gasteiger partial charge on any atom is 0.276 e. The number of hydrogen-bond donors (Lipinski definition) is 1. The van der Waals surface area contributed by atoms with E-state index in [-0.39, 0.29) is 23.3 Å². The summed E-state index contributed by atoms with van der Waals surface area (Å²) in [4.78, 5) is 26.1. The third-order valence-electron chi connectivity index (χ3n) is 4.87. The molecule has 0 aliphatic carbocycles. The minimum atomic E-state index is -0.351. The number of anilines is 2. The summed E-state index contributed by atoms with van der Waals surface area (Å²) in [5.41, 5.74) is 4.26. The second-order valence-electron chi connectivity index (χ2n) is 6.76. The standard InChI is InChI=1S/C21H19FN4O2/c1-13(27)26-10-9-15-5-8-17(11-20(15)26)23-21(28)18-12-19(25(2)24-18)14-3-6-16(22)7-4-14/h3-8,11-12H,9-10H2,1-2H3,(H,23,28). The third-order valence-corrected chi connectivity index (χ3v) is 4.87. The van der Waals surface area contributed by atoms with Crippen LogP contribution in [0.1, 0.15) is 23.0 Å². The van der Waals surface area contributed by atoms with Crippen LogP contribution in [0.5, 0.6) is 0 Å². The largest absolute Gasteiger partial charge is 0.321 e. The SMILES string of the molecule is CC(=O)N1CCc2ccc(NC(=O)c3cc(-c4ccc(F)cc4)n(C)n3)cc21. The van der Waals surface area contributed by atoms with Crippen molar-refractivity contribution in [2.45, 2.75) is 13.3 Å². The van der Waals surface area contributed by atoms with Crippen molar-refractivity contribution < 1.29 is 14.0 Å². The van der Waals surface area contributed by atoms with Gasteiger partial charge in [-0.25, -0.2) is 4.39 Å². The first-order valence-corrected chi connectivity index (χ1v) is 8.95. The smallest absolute Gasteiger partial charge is 0.276 e. The normalized spacial score (nSPS) is 12.8. The van der Waals surface area contributed by atoms with E-state index in [1.165, 1.54) is 19.1 Å². The first-order valence-electron chi connectivity index (χ1n) is 8.95. The number of amides is 2. The van der Waals surface area contributed by atoms with Crippen molar-refractivity contribution in [1.29, 1.82) is 0 Å². The van der Waals surface area contributed by atoms with Crippen molar-refractivity contribution in [3.05, 3.63) is 65.6 Å². The molecule has 0 saturated carbocycles. The maximum absolute atomic E-state index is 13.1. The highest BCUT2D eigenvalue weighted by Gasteiger charge is 2.23. The highest BCUT2D eigenvalue weighted by molar-refractivity contribution is 6.04. The number of fused-ring (bicyclic) bond motifs is 1. The van der Waals surface area contributed by atoms with Gasteiger partial charge >= 0.3 is 0 Å². The van der Waals surface area contributed by atoms with Gasteiger partial charge in [0, 0.05) is 31.9 Å². The van der Waals surface area contributed by atoms with E-state index >= 15 is 0 Å². The second kappa shape index (κ2) is 6.92. The van der Waals surface area contributed by atoms with Gasteiger partial charge in [0.2, 0.25) is 5.91 Å². The average Bonchev–Trinajstić information content (AvgIpc) is 3.26. The molecule has 2 amide bonds. The molecule has 0 radical (unpaired) electrons. The van der Waals surface area contributed by atoms with Gasteiger partial charge in [-0.2, -0.15) is 5.10 Å². The summed E-state index contributed by atoms with van der Waals surface area (Å²) in [5, 5.41) is 7.10. The molecule has 1 aliphatic rings. The molecule has 2 heterocycles. The van der Waals surface area contributed by atoms with Crippen LogP contribution in [0.25, 0.3) is 11.3 Å². The fraction of sp³-hybridized carbons (Fsp3) is 0.190. The highest BCUT2D eigenvalue weighted by atomic mass is 19.1. The second-order valence-corrected chi connectivity index (χ2v) is 6.76. The maximum atomic E-state index is 13.1. The Morgan fingerprint density at radius 3 is 2.57 bits per heavy atom. The summed E-state index contributed by atoms with van der Waals surface area (Å²) in [5.74, 6) is -0.688. The van der Waals surface area contributed by atoms with E-state index in [1.54, 1.807) is 34.8 Å². The molecule has 28 heavy (non-hydrogen) atoms. The van der Waals surface area contributed by atoms with Crippen LogP contribution in [0.2, 0.25) is 0 Å². The number of carbonyl (C=O) groups is 2. The molecule has 0 bridgehead atoms. The summed E-state index contributed by atoms with van der Waals surface area (Å²) in [6.45, 7) is 2.19. The van der Waals surface area contributed by atoms with Gasteiger partial charge in [0.25, 0.3) is 5.91 Å². The minimum absolute atomic E-state index is 0.0177. The average molecular weight is 378 g/mol. The Labute approximate surface area is 161 Å². The zero-order valence-electron chi connectivity index (χ0n) is 15.6. The minimum Gasteiger partial charge on any atom is -0.321 e. The van der Waals surface area contributed by atoms with Gasteiger partial charge < -0.3 is 10.2 Å². The molecule has 6 nitrogen and oxygen atoms in total. The summed E-state index contributed by atoms with van der Waals surface area (Å²) in [7, 11) is 1.73. The molecule has 0 saturated heterocycles. The van der Waals surface area contributed by atoms with Crippen molar-refractivity contribution in [3.63, 3.8) is 0 Å². The molecule has 1 aromatic heterocycles. The van der Waals surface area contributed by atoms with E-state index in [4.69, 9.17) is 0 Å². The molecular weight excluding hydrogens is 359 g/mol. The van der Waals surface area contributed by atoms with Gasteiger partial charge in [-0.3, -0.25) is 14.3 Å². The molecule has 0 spiro atoms. The van der Waals surface area contributed by atoms with Crippen molar-refractivity contribution in [1.82, 2.24) is 9.78 Å². The molecule has 1 N–H and O–H groups in total. The molecule has 0 atom stereocenters. The summed E-state index contributed by atoms with van der Waals surface area (Å²) in [6, 6.07) is 13.3. The van der Waals surface area contributed by atoms with Crippen LogP contribution in [-0.4, -0.2) is 28.1 Å².